The van der Waals surface area contributed by atoms with E-state index in [0.29, 0.717) is 21.8 Å². The molecule has 0 saturated carbocycles. The molecule has 2 aliphatic rings. The second kappa shape index (κ2) is 11.1. The van der Waals surface area contributed by atoms with Crippen LogP contribution in [0.2, 0.25) is 5.02 Å². The molecular formula is C22H35ClOS2+2. The van der Waals surface area contributed by atoms with Gasteiger partial charge in [0, 0.05) is 16.1 Å². The molecule has 0 spiro atoms. The molecular weight excluding hydrogens is 380 g/mol. The summed E-state index contributed by atoms with van der Waals surface area (Å²) < 4.78 is 6.30. The minimum atomic E-state index is 0.544. The van der Waals surface area contributed by atoms with E-state index in [9.17, 15) is 0 Å². The van der Waals surface area contributed by atoms with Gasteiger partial charge < -0.3 is 4.74 Å². The Balaban J connectivity index is 1.68. The molecule has 2 saturated heterocycles. The standard InChI is InChI=1S/C22H35ClOS2/c1-2-3-4-5-10-24-22-16-19(17-25-11-6-7-12-25)21(23)15-20(22)18-26-13-8-9-14-26/h15-16H,2-14,17-18H2,1H3/q+2. The average molecular weight is 415 g/mol. The number of ether oxygens (including phenoxy) is 1. The van der Waals surface area contributed by atoms with Crippen LogP contribution in [0, 0.1) is 0 Å². The minimum Gasteiger partial charge on any atom is -0.493 e. The maximum absolute atomic E-state index is 6.72. The van der Waals surface area contributed by atoms with Crippen molar-refractivity contribution in [1.82, 2.24) is 0 Å². The largest absolute Gasteiger partial charge is 0.493 e. The van der Waals surface area contributed by atoms with Crippen molar-refractivity contribution in [2.24, 2.45) is 0 Å². The summed E-state index contributed by atoms with van der Waals surface area (Å²) in [5, 5.41) is 0.987. The first-order valence-electron chi connectivity index (χ1n) is 10.5. The molecule has 2 fully saturated rings. The van der Waals surface area contributed by atoms with Crippen LogP contribution >= 0.6 is 11.6 Å². The lowest BCUT2D eigenvalue weighted by Gasteiger charge is -2.14. The molecule has 0 bridgehead atoms. The maximum Gasteiger partial charge on any atom is 0.136 e. The first-order chi connectivity index (χ1) is 12.8. The minimum absolute atomic E-state index is 0.544. The van der Waals surface area contributed by atoms with Crippen LogP contribution in [0.4, 0.5) is 0 Å². The third-order valence-corrected chi connectivity index (χ3v) is 10.7. The normalized spacial score (nSPS) is 18.7. The van der Waals surface area contributed by atoms with E-state index in [0.717, 1.165) is 23.1 Å². The molecule has 146 valence electrons. The van der Waals surface area contributed by atoms with Crippen LogP contribution in [0.3, 0.4) is 0 Å². The number of rotatable bonds is 10. The van der Waals surface area contributed by atoms with Crippen molar-refractivity contribution in [3.8, 4) is 5.75 Å². The lowest BCUT2D eigenvalue weighted by atomic mass is 10.1. The molecule has 1 aromatic carbocycles. The van der Waals surface area contributed by atoms with Crippen molar-refractivity contribution in [3.05, 3.63) is 28.3 Å². The van der Waals surface area contributed by atoms with Gasteiger partial charge in [-0.15, -0.1) is 0 Å². The van der Waals surface area contributed by atoms with Crippen LogP contribution in [0.1, 0.15) is 69.4 Å². The summed E-state index contributed by atoms with van der Waals surface area (Å²) in [6.45, 7) is 3.12. The summed E-state index contributed by atoms with van der Waals surface area (Å²) in [5.74, 6) is 9.08. The average Bonchev–Trinajstić information content (AvgIpc) is 3.32. The van der Waals surface area contributed by atoms with Crippen LogP contribution in [0.25, 0.3) is 0 Å². The number of hydrogen-bond donors (Lipinski definition) is 0. The van der Waals surface area contributed by atoms with Crippen LogP contribution in [-0.4, -0.2) is 29.6 Å². The van der Waals surface area contributed by atoms with Gasteiger partial charge in [-0.05, 0) is 66.0 Å². The fourth-order valence-corrected chi connectivity index (χ4v) is 8.97. The highest BCUT2D eigenvalue weighted by atomic mass is 35.5. The van der Waals surface area contributed by atoms with Crippen molar-refractivity contribution < 1.29 is 4.74 Å². The summed E-state index contributed by atoms with van der Waals surface area (Å²) >= 11 is 6.72. The summed E-state index contributed by atoms with van der Waals surface area (Å²) in [6.07, 6.45) is 10.7. The first-order valence-corrected chi connectivity index (χ1v) is 14.3. The zero-order valence-corrected chi connectivity index (χ0v) is 18.8. The first kappa shape index (κ1) is 20.7. The number of unbranched alkanes of at least 4 members (excludes halogenated alkanes) is 3. The zero-order chi connectivity index (χ0) is 18.2. The Labute approximate surface area is 171 Å². The van der Waals surface area contributed by atoms with Crippen LogP contribution < -0.4 is 4.74 Å². The van der Waals surface area contributed by atoms with Gasteiger partial charge in [-0.2, -0.15) is 0 Å². The van der Waals surface area contributed by atoms with E-state index in [1.807, 2.05) is 0 Å². The van der Waals surface area contributed by atoms with Gasteiger partial charge >= 0.3 is 0 Å². The van der Waals surface area contributed by atoms with E-state index in [4.69, 9.17) is 16.3 Å². The lowest BCUT2D eigenvalue weighted by molar-refractivity contribution is 0.302. The van der Waals surface area contributed by atoms with E-state index in [1.165, 1.54) is 91.3 Å². The number of hydrogen-bond acceptors (Lipinski definition) is 1. The van der Waals surface area contributed by atoms with E-state index < -0.39 is 0 Å². The molecule has 0 N–H and O–H groups in total. The fourth-order valence-electron chi connectivity index (χ4n) is 3.86. The third-order valence-electron chi connectivity index (χ3n) is 5.44. The number of halogens is 1. The summed E-state index contributed by atoms with van der Waals surface area (Å²) in [7, 11) is 1.09. The summed E-state index contributed by atoms with van der Waals surface area (Å²) in [5.41, 5.74) is 2.70. The van der Waals surface area contributed by atoms with E-state index >= 15 is 0 Å². The molecule has 2 aliphatic heterocycles. The number of benzene rings is 1. The third kappa shape index (κ3) is 6.27. The SMILES string of the molecule is CCCCCCOc1cc(C[S+]2CCCC2)c(Cl)cc1C[S+]1CCCC1. The van der Waals surface area contributed by atoms with Crippen molar-refractivity contribution in [2.45, 2.75) is 69.8 Å². The summed E-state index contributed by atoms with van der Waals surface area (Å²) in [6, 6.07) is 4.56. The zero-order valence-electron chi connectivity index (χ0n) is 16.4. The van der Waals surface area contributed by atoms with E-state index in [-0.39, 0.29) is 0 Å². The molecule has 1 aromatic rings. The predicted molar refractivity (Wildman–Crippen MR) is 121 cm³/mol. The molecule has 2 heterocycles. The van der Waals surface area contributed by atoms with Crippen LogP contribution in [0.15, 0.2) is 12.1 Å². The molecule has 0 aromatic heterocycles. The Bertz CT molecular complexity index is 551. The molecule has 0 atom stereocenters. The lowest BCUT2D eigenvalue weighted by Crippen LogP contribution is -2.11. The predicted octanol–water partition coefficient (Wildman–Crippen LogP) is 6.12. The Morgan fingerprint density at radius 1 is 0.846 bits per heavy atom. The molecule has 0 unspecified atom stereocenters. The molecule has 3 rings (SSSR count). The van der Waals surface area contributed by atoms with Crippen molar-refractivity contribution in [3.63, 3.8) is 0 Å². The van der Waals surface area contributed by atoms with Gasteiger partial charge in [0.1, 0.15) is 40.3 Å². The van der Waals surface area contributed by atoms with Gasteiger partial charge in [-0.25, -0.2) is 0 Å². The highest BCUT2D eigenvalue weighted by Crippen LogP contribution is 2.33. The van der Waals surface area contributed by atoms with Crippen molar-refractivity contribution >= 4 is 33.4 Å². The van der Waals surface area contributed by atoms with Crippen molar-refractivity contribution in [1.29, 1.82) is 0 Å². The maximum atomic E-state index is 6.72. The quantitative estimate of drug-likeness (QED) is 0.331. The molecule has 4 heteroatoms. The smallest absolute Gasteiger partial charge is 0.136 e. The van der Waals surface area contributed by atoms with Gasteiger partial charge in [0.05, 0.1) is 6.61 Å². The highest BCUT2D eigenvalue weighted by Gasteiger charge is 2.29. The fraction of sp³-hybridized carbons (Fsp3) is 0.727. The highest BCUT2D eigenvalue weighted by molar-refractivity contribution is 7.96. The van der Waals surface area contributed by atoms with Crippen LogP contribution in [-0.2, 0) is 33.3 Å². The van der Waals surface area contributed by atoms with Gasteiger partial charge in [-0.1, -0.05) is 37.8 Å². The topological polar surface area (TPSA) is 9.23 Å². The van der Waals surface area contributed by atoms with E-state index in [2.05, 4.69) is 19.1 Å². The van der Waals surface area contributed by atoms with E-state index in [1.54, 1.807) is 0 Å². The Morgan fingerprint density at radius 3 is 2.08 bits per heavy atom. The molecule has 0 amide bonds. The molecule has 1 nitrogen and oxygen atoms in total. The molecule has 0 radical (unpaired) electrons. The van der Waals surface area contributed by atoms with Crippen molar-refractivity contribution in [2.75, 3.05) is 29.6 Å². The van der Waals surface area contributed by atoms with Gasteiger partial charge in [0.15, 0.2) is 0 Å². The second-order valence-electron chi connectivity index (χ2n) is 7.70. The van der Waals surface area contributed by atoms with Gasteiger partial charge in [0.25, 0.3) is 0 Å². The second-order valence-corrected chi connectivity index (χ2v) is 12.8. The summed E-state index contributed by atoms with van der Waals surface area (Å²) in [4.78, 5) is 0. The Kier molecular flexibility index (Phi) is 8.87. The van der Waals surface area contributed by atoms with Gasteiger partial charge in [-0.3, -0.25) is 0 Å². The van der Waals surface area contributed by atoms with Gasteiger partial charge in [0.2, 0.25) is 0 Å². The monoisotopic (exact) mass is 414 g/mol. The molecule has 0 aliphatic carbocycles. The molecule has 26 heavy (non-hydrogen) atoms. The Morgan fingerprint density at radius 2 is 1.46 bits per heavy atom. The van der Waals surface area contributed by atoms with Crippen LogP contribution in [0.5, 0.6) is 5.75 Å². The Hall–Kier alpha value is 0.01000.